The Morgan fingerprint density at radius 1 is 1.47 bits per heavy atom. The van der Waals surface area contributed by atoms with Gasteiger partial charge < -0.3 is 10.4 Å². The van der Waals surface area contributed by atoms with Crippen molar-refractivity contribution in [1.82, 2.24) is 15.2 Å². The Morgan fingerprint density at radius 3 is 2.63 bits per heavy atom. The summed E-state index contributed by atoms with van der Waals surface area (Å²) in [5, 5.41) is 12.5. The van der Waals surface area contributed by atoms with Gasteiger partial charge in [0.1, 0.15) is 5.82 Å². The number of rotatable bonds is 7. The van der Waals surface area contributed by atoms with Gasteiger partial charge in [0.25, 0.3) is 0 Å². The minimum Gasteiger partial charge on any atom is -0.394 e. The van der Waals surface area contributed by atoms with Gasteiger partial charge in [-0.1, -0.05) is 0 Å². The van der Waals surface area contributed by atoms with Crippen LogP contribution < -0.4 is 5.32 Å². The number of halogens is 1. The van der Waals surface area contributed by atoms with E-state index in [-0.39, 0.29) is 24.0 Å². The van der Waals surface area contributed by atoms with Crippen LogP contribution in [0.5, 0.6) is 0 Å². The highest BCUT2D eigenvalue weighted by atomic mass is 19.1. The number of nitrogens with one attached hydrogen (secondary N) is 1. The Morgan fingerprint density at radius 2 is 2.16 bits per heavy atom. The molecule has 1 atom stereocenters. The van der Waals surface area contributed by atoms with Gasteiger partial charge in [0.15, 0.2) is 0 Å². The summed E-state index contributed by atoms with van der Waals surface area (Å²) in [6.45, 7) is 4.93. The van der Waals surface area contributed by atoms with Crippen molar-refractivity contribution in [3.63, 3.8) is 0 Å². The Labute approximate surface area is 114 Å². The molecule has 0 fully saturated rings. The van der Waals surface area contributed by atoms with Gasteiger partial charge in [-0.15, -0.1) is 0 Å². The number of aliphatic hydroxyl groups excluding tert-OH is 1. The van der Waals surface area contributed by atoms with Gasteiger partial charge in [0, 0.05) is 12.1 Å². The minimum atomic E-state index is -0.322. The molecule has 0 bridgehead atoms. The second kappa shape index (κ2) is 6.93. The van der Waals surface area contributed by atoms with Crippen LogP contribution in [0.4, 0.5) is 4.39 Å². The van der Waals surface area contributed by atoms with Gasteiger partial charge in [-0.2, -0.15) is 0 Å². The van der Waals surface area contributed by atoms with Gasteiger partial charge >= 0.3 is 0 Å². The standard InChI is InChI=1S/C14H24FN3O/c1-14(2,10-19)18(4)8-7-12(16-3)13-6-5-11(15)9-17-13/h5-6,9,12,16,19H,7-8,10H2,1-4H3. The molecule has 0 aliphatic carbocycles. The fraction of sp³-hybridized carbons (Fsp3) is 0.643. The van der Waals surface area contributed by atoms with E-state index in [0.29, 0.717) is 0 Å². The van der Waals surface area contributed by atoms with E-state index in [1.165, 1.54) is 12.3 Å². The summed E-state index contributed by atoms with van der Waals surface area (Å²) in [5.74, 6) is -0.322. The molecule has 1 aromatic rings. The van der Waals surface area contributed by atoms with Crippen LogP contribution in [-0.4, -0.2) is 47.8 Å². The summed E-state index contributed by atoms with van der Waals surface area (Å²) >= 11 is 0. The van der Waals surface area contributed by atoms with Crippen molar-refractivity contribution in [1.29, 1.82) is 0 Å². The molecule has 0 aliphatic heterocycles. The lowest BCUT2D eigenvalue weighted by molar-refractivity contribution is 0.0759. The molecule has 5 heteroatoms. The van der Waals surface area contributed by atoms with E-state index in [9.17, 15) is 9.50 Å². The molecule has 0 aliphatic rings. The number of likely N-dealkylation sites (N-methyl/N-ethyl adjacent to an activating group) is 1. The van der Waals surface area contributed by atoms with E-state index < -0.39 is 0 Å². The monoisotopic (exact) mass is 269 g/mol. The quantitative estimate of drug-likeness (QED) is 0.789. The van der Waals surface area contributed by atoms with Gasteiger partial charge in [-0.25, -0.2) is 4.39 Å². The van der Waals surface area contributed by atoms with Crippen LogP contribution in [0.1, 0.15) is 32.0 Å². The van der Waals surface area contributed by atoms with Gasteiger partial charge in [-0.3, -0.25) is 9.88 Å². The molecular formula is C14H24FN3O. The van der Waals surface area contributed by atoms with Crippen LogP contribution in [0.25, 0.3) is 0 Å². The second-order valence-electron chi connectivity index (χ2n) is 5.42. The third-order valence-electron chi connectivity index (χ3n) is 3.63. The zero-order valence-electron chi connectivity index (χ0n) is 12.2. The van der Waals surface area contributed by atoms with Crippen molar-refractivity contribution in [2.45, 2.75) is 31.8 Å². The van der Waals surface area contributed by atoms with Crippen molar-refractivity contribution >= 4 is 0 Å². The normalized spacial score (nSPS) is 13.8. The molecule has 1 aromatic heterocycles. The zero-order chi connectivity index (χ0) is 14.5. The van der Waals surface area contributed by atoms with Gasteiger partial charge in [-0.05, 0) is 46.5 Å². The molecule has 2 N–H and O–H groups in total. The van der Waals surface area contributed by atoms with Crippen LogP contribution in [0, 0.1) is 5.82 Å². The Balaban J connectivity index is 2.61. The summed E-state index contributed by atoms with van der Waals surface area (Å²) < 4.78 is 12.9. The van der Waals surface area contributed by atoms with Gasteiger partial charge in [0.2, 0.25) is 0 Å². The average Bonchev–Trinajstić information content (AvgIpc) is 2.41. The highest BCUT2D eigenvalue weighted by Gasteiger charge is 2.23. The second-order valence-corrected chi connectivity index (χ2v) is 5.42. The lowest BCUT2D eigenvalue weighted by Crippen LogP contribution is -2.45. The van der Waals surface area contributed by atoms with E-state index in [2.05, 4.69) is 15.2 Å². The van der Waals surface area contributed by atoms with Gasteiger partial charge in [0.05, 0.1) is 24.5 Å². The lowest BCUT2D eigenvalue weighted by Gasteiger charge is -2.34. The fourth-order valence-electron chi connectivity index (χ4n) is 1.78. The summed E-state index contributed by atoms with van der Waals surface area (Å²) in [6, 6.07) is 3.21. The number of aromatic nitrogens is 1. The molecule has 0 amide bonds. The predicted octanol–water partition coefficient (Wildman–Crippen LogP) is 1.57. The molecule has 1 heterocycles. The molecule has 4 nitrogen and oxygen atoms in total. The number of pyridine rings is 1. The van der Waals surface area contributed by atoms with Crippen LogP contribution in [-0.2, 0) is 0 Å². The first-order valence-corrected chi connectivity index (χ1v) is 6.51. The van der Waals surface area contributed by atoms with E-state index >= 15 is 0 Å². The Bertz CT molecular complexity index is 381. The number of hydrogen-bond donors (Lipinski definition) is 2. The average molecular weight is 269 g/mol. The molecule has 1 rings (SSSR count). The van der Waals surface area contributed by atoms with Crippen molar-refractivity contribution in [3.05, 3.63) is 29.8 Å². The van der Waals surface area contributed by atoms with Crippen molar-refractivity contribution in [3.8, 4) is 0 Å². The van der Waals surface area contributed by atoms with Crippen molar-refractivity contribution in [2.75, 3.05) is 27.2 Å². The van der Waals surface area contributed by atoms with Crippen LogP contribution in [0.2, 0.25) is 0 Å². The summed E-state index contributed by atoms with van der Waals surface area (Å²) in [4.78, 5) is 6.22. The highest BCUT2D eigenvalue weighted by Crippen LogP contribution is 2.18. The first-order valence-electron chi connectivity index (χ1n) is 6.51. The number of hydrogen-bond acceptors (Lipinski definition) is 4. The van der Waals surface area contributed by atoms with Crippen LogP contribution in [0.15, 0.2) is 18.3 Å². The Hall–Kier alpha value is -1.04. The maximum Gasteiger partial charge on any atom is 0.141 e. The number of aliphatic hydroxyl groups is 1. The highest BCUT2D eigenvalue weighted by molar-refractivity contribution is 5.09. The van der Waals surface area contributed by atoms with Crippen LogP contribution in [0.3, 0.4) is 0 Å². The summed E-state index contributed by atoms with van der Waals surface area (Å²) in [5.41, 5.74) is 0.591. The number of nitrogens with zero attached hydrogens (tertiary/aromatic N) is 2. The molecule has 1 unspecified atom stereocenters. The predicted molar refractivity (Wildman–Crippen MR) is 74.4 cm³/mol. The van der Waals surface area contributed by atoms with E-state index in [4.69, 9.17) is 0 Å². The largest absolute Gasteiger partial charge is 0.394 e. The fourth-order valence-corrected chi connectivity index (χ4v) is 1.78. The first kappa shape index (κ1) is 16.0. The molecule has 19 heavy (non-hydrogen) atoms. The van der Waals surface area contributed by atoms with Crippen molar-refractivity contribution in [2.24, 2.45) is 0 Å². The molecule has 0 aromatic carbocycles. The third kappa shape index (κ3) is 4.53. The van der Waals surface area contributed by atoms with E-state index in [1.54, 1.807) is 6.07 Å². The molecule has 0 saturated heterocycles. The molecule has 0 spiro atoms. The molecular weight excluding hydrogens is 245 g/mol. The first-order chi connectivity index (χ1) is 8.90. The lowest BCUT2D eigenvalue weighted by atomic mass is 10.0. The maximum absolute atomic E-state index is 12.9. The van der Waals surface area contributed by atoms with E-state index in [0.717, 1.165) is 18.7 Å². The zero-order valence-corrected chi connectivity index (χ0v) is 12.2. The van der Waals surface area contributed by atoms with Crippen molar-refractivity contribution < 1.29 is 9.50 Å². The molecule has 0 radical (unpaired) electrons. The Kier molecular flexibility index (Phi) is 5.85. The SMILES string of the molecule is CNC(CCN(C)C(C)(C)CO)c1ccc(F)cn1. The summed E-state index contributed by atoms with van der Waals surface area (Å²) in [6.07, 6.45) is 2.08. The molecule has 0 saturated carbocycles. The topological polar surface area (TPSA) is 48.4 Å². The summed E-state index contributed by atoms with van der Waals surface area (Å²) in [7, 11) is 3.86. The minimum absolute atomic E-state index is 0.0811. The van der Waals surface area contributed by atoms with E-state index in [1.807, 2.05) is 27.9 Å². The smallest absolute Gasteiger partial charge is 0.141 e. The van der Waals surface area contributed by atoms with Crippen LogP contribution >= 0.6 is 0 Å². The molecule has 108 valence electrons. The maximum atomic E-state index is 12.9. The third-order valence-corrected chi connectivity index (χ3v) is 3.63.